The maximum absolute atomic E-state index is 12.2. The summed E-state index contributed by atoms with van der Waals surface area (Å²) in [6.07, 6.45) is 3.95. The van der Waals surface area contributed by atoms with E-state index >= 15 is 0 Å². The molecule has 0 atom stereocenters. The molecule has 2 rings (SSSR count). The lowest BCUT2D eigenvalue weighted by atomic mass is 10.0. The Kier molecular flexibility index (Phi) is 3.94. The van der Waals surface area contributed by atoms with E-state index in [1.807, 2.05) is 13.8 Å². The van der Waals surface area contributed by atoms with Crippen molar-refractivity contribution in [3.05, 3.63) is 17.0 Å². The number of aryl methyl sites for hydroxylation is 2. The zero-order chi connectivity index (χ0) is 14.0. The monoisotopic (exact) mass is 266 g/mol. The molecule has 1 aliphatic rings. The van der Waals surface area contributed by atoms with E-state index in [4.69, 9.17) is 4.52 Å². The molecular formula is C14H22N2O3. The molecule has 1 aromatic heterocycles. The summed E-state index contributed by atoms with van der Waals surface area (Å²) < 4.78 is 5.06. The van der Waals surface area contributed by atoms with E-state index in [9.17, 15) is 9.90 Å². The lowest BCUT2D eigenvalue weighted by Crippen LogP contribution is -2.42. The van der Waals surface area contributed by atoms with Crippen molar-refractivity contribution >= 4 is 5.91 Å². The fourth-order valence-electron chi connectivity index (χ4n) is 2.76. The van der Waals surface area contributed by atoms with Gasteiger partial charge >= 0.3 is 0 Å². The number of likely N-dealkylation sites (N-methyl/N-ethyl adjacent to an activating group) is 1. The Labute approximate surface area is 113 Å². The SMILES string of the molecule is Cc1noc(C)c1CC(=O)N(C)CC1(O)CCCC1. The molecular weight excluding hydrogens is 244 g/mol. The minimum atomic E-state index is -0.691. The summed E-state index contributed by atoms with van der Waals surface area (Å²) >= 11 is 0. The molecule has 1 fully saturated rings. The predicted molar refractivity (Wildman–Crippen MR) is 70.7 cm³/mol. The van der Waals surface area contributed by atoms with Crippen LogP contribution in [-0.2, 0) is 11.2 Å². The smallest absolute Gasteiger partial charge is 0.227 e. The van der Waals surface area contributed by atoms with Gasteiger partial charge in [-0.2, -0.15) is 0 Å². The molecule has 1 amide bonds. The normalized spacial score (nSPS) is 17.7. The molecule has 1 N–H and O–H groups in total. The number of rotatable bonds is 4. The Morgan fingerprint density at radius 1 is 1.42 bits per heavy atom. The van der Waals surface area contributed by atoms with Crippen molar-refractivity contribution < 1.29 is 14.4 Å². The van der Waals surface area contributed by atoms with Crippen LogP contribution < -0.4 is 0 Å². The standard InChI is InChI=1S/C14H22N2O3/c1-10-12(11(2)19-15-10)8-13(17)16(3)9-14(18)6-4-5-7-14/h18H,4-9H2,1-3H3. The summed E-state index contributed by atoms with van der Waals surface area (Å²) in [6, 6.07) is 0. The van der Waals surface area contributed by atoms with Crippen LogP contribution >= 0.6 is 0 Å². The van der Waals surface area contributed by atoms with Gasteiger partial charge in [-0.3, -0.25) is 4.79 Å². The number of aliphatic hydroxyl groups is 1. The van der Waals surface area contributed by atoms with Crippen LogP contribution in [0.25, 0.3) is 0 Å². The van der Waals surface area contributed by atoms with Gasteiger partial charge in [-0.25, -0.2) is 0 Å². The first-order valence-electron chi connectivity index (χ1n) is 6.79. The number of nitrogens with zero attached hydrogens (tertiary/aromatic N) is 2. The van der Waals surface area contributed by atoms with Crippen LogP contribution in [0.3, 0.4) is 0 Å². The summed E-state index contributed by atoms with van der Waals surface area (Å²) in [4.78, 5) is 13.8. The molecule has 1 heterocycles. The van der Waals surface area contributed by atoms with E-state index < -0.39 is 5.60 Å². The minimum absolute atomic E-state index is 0.00488. The lowest BCUT2D eigenvalue weighted by Gasteiger charge is -2.28. The number of carbonyl (C=O) groups excluding carboxylic acids is 1. The van der Waals surface area contributed by atoms with Gasteiger partial charge in [0.2, 0.25) is 5.91 Å². The Morgan fingerprint density at radius 2 is 2.05 bits per heavy atom. The fraction of sp³-hybridized carbons (Fsp3) is 0.714. The first-order valence-corrected chi connectivity index (χ1v) is 6.79. The second kappa shape index (κ2) is 5.33. The molecule has 0 saturated heterocycles. The summed E-state index contributed by atoms with van der Waals surface area (Å²) in [6.45, 7) is 4.06. The molecule has 1 aliphatic carbocycles. The van der Waals surface area contributed by atoms with Gasteiger partial charge in [-0.05, 0) is 26.7 Å². The van der Waals surface area contributed by atoms with Crippen LogP contribution in [0.5, 0.6) is 0 Å². The molecule has 5 nitrogen and oxygen atoms in total. The van der Waals surface area contributed by atoms with Crippen LogP contribution in [0.15, 0.2) is 4.52 Å². The number of hydrogen-bond donors (Lipinski definition) is 1. The van der Waals surface area contributed by atoms with Gasteiger partial charge in [0.05, 0.1) is 17.7 Å². The molecule has 1 aromatic rings. The van der Waals surface area contributed by atoms with Gasteiger partial charge in [0.25, 0.3) is 0 Å². The van der Waals surface area contributed by atoms with Gasteiger partial charge in [0.15, 0.2) is 0 Å². The largest absolute Gasteiger partial charge is 0.388 e. The van der Waals surface area contributed by atoms with Crippen molar-refractivity contribution in [1.82, 2.24) is 10.1 Å². The predicted octanol–water partition coefficient (Wildman–Crippen LogP) is 1.60. The summed E-state index contributed by atoms with van der Waals surface area (Å²) in [5.74, 6) is 0.688. The van der Waals surface area contributed by atoms with Crippen LogP contribution in [0.1, 0.15) is 42.7 Å². The van der Waals surface area contributed by atoms with Crippen molar-refractivity contribution in [3.8, 4) is 0 Å². The molecule has 0 aliphatic heterocycles. The Hall–Kier alpha value is -1.36. The molecule has 0 aromatic carbocycles. The third kappa shape index (κ3) is 3.15. The Morgan fingerprint density at radius 3 is 2.58 bits per heavy atom. The van der Waals surface area contributed by atoms with Crippen LogP contribution in [-0.4, -0.2) is 40.3 Å². The molecule has 0 radical (unpaired) electrons. The van der Waals surface area contributed by atoms with Gasteiger partial charge in [0.1, 0.15) is 5.76 Å². The maximum Gasteiger partial charge on any atom is 0.227 e. The van der Waals surface area contributed by atoms with Crippen LogP contribution in [0.4, 0.5) is 0 Å². The second-order valence-corrected chi connectivity index (χ2v) is 5.66. The minimum Gasteiger partial charge on any atom is -0.388 e. The Balaban J connectivity index is 1.96. The fourth-order valence-corrected chi connectivity index (χ4v) is 2.76. The average Bonchev–Trinajstić information content (AvgIpc) is 2.90. The highest BCUT2D eigenvalue weighted by Gasteiger charge is 2.33. The van der Waals surface area contributed by atoms with Gasteiger partial charge < -0.3 is 14.5 Å². The molecule has 5 heteroatoms. The highest BCUT2D eigenvalue weighted by atomic mass is 16.5. The molecule has 1 saturated carbocycles. The molecule has 0 unspecified atom stereocenters. The van der Waals surface area contributed by atoms with Crippen molar-refractivity contribution in [1.29, 1.82) is 0 Å². The average molecular weight is 266 g/mol. The highest BCUT2D eigenvalue weighted by Crippen LogP contribution is 2.30. The summed E-state index contributed by atoms with van der Waals surface area (Å²) in [5, 5.41) is 14.2. The van der Waals surface area contributed by atoms with Gasteiger partial charge in [-0.1, -0.05) is 18.0 Å². The number of carbonyl (C=O) groups is 1. The number of hydrogen-bond acceptors (Lipinski definition) is 4. The topological polar surface area (TPSA) is 66.6 Å². The quantitative estimate of drug-likeness (QED) is 0.899. The van der Waals surface area contributed by atoms with E-state index in [0.717, 1.165) is 36.9 Å². The van der Waals surface area contributed by atoms with E-state index in [0.29, 0.717) is 12.3 Å². The first-order chi connectivity index (χ1) is 8.91. The molecule has 106 valence electrons. The highest BCUT2D eigenvalue weighted by molar-refractivity contribution is 5.79. The molecule has 19 heavy (non-hydrogen) atoms. The number of aromatic nitrogens is 1. The molecule has 0 spiro atoms. The number of amides is 1. The van der Waals surface area contributed by atoms with E-state index in [2.05, 4.69) is 5.16 Å². The van der Waals surface area contributed by atoms with Crippen LogP contribution in [0.2, 0.25) is 0 Å². The Bertz CT molecular complexity index is 442. The zero-order valence-electron chi connectivity index (χ0n) is 11.9. The van der Waals surface area contributed by atoms with Crippen molar-refractivity contribution in [3.63, 3.8) is 0 Å². The maximum atomic E-state index is 12.2. The molecule has 0 bridgehead atoms. The second-order valence-electron chi connectivity index (χ2n) is 5.66. The third-order valence-electron chi connectivity index (χ3n) is 4.00. The van der Waals surface area contributed by atoms with E-state index in [1.165, 1.54) is 0 Å². The van der Waals surface area contributed by atoms with Crippen LogP contribution in [0, 0.1) is 13.8 Å². The van der Waals surface area contributed by atoms with Crippen molar-refractivity contribution in [2.24, 2.45) is 0 Å². The van der Waals surface area contributed by atoms with Gasteiger partial charge in [-0.15, -0.1) is 0 Å². The zero-order valence-corrected chi connectivity index (χ0v) is 11.9. The summed E-state index contributed by atoms with van der Waals surface area (Å²) in [7, 11) is 1.75. The summed E-state index contributed by atoms with van der Waals surface area (Å²) in [5.41, 5.74) is 0.928. The third-order valence-corrected chi connectivity index (χ3v) is 4.00. The first kappa shape index (κ1) is 14.1. The van der Waals surface area contributed by atoms with Gasteiger partial charge in [0, 0.05) is 19.2 Å². The lowest BCUT2D eigenvalue weighted by molar-refractivity contribution is -0.132. The van der Waals surface area contributed by atoms with E-state index in [1.54, 1.807) is 11.9 Å². The van der Waals surface area contributed by atoms with Crippen molar-refractivity contribution in [2.75, 3.05) is 13.6 Å². The van der Waals surface area contributed by atoms with Crippen molar-refractivity contribution in [2.45, 2.75) is 51.6 Å². The van der Waals surface area contributed by atoms with E-state index in [-0.39, 0.29) is 12.3 Å².